The predicted molar refractivity (Wildman–Crippen MR) is 206 cm³/mol. The number of aromatic nitrogens is 2. The molecule has 3 aromatic heterocycles. The molecule has 3 aromatic carbocycles. The van der Waals surface area contributed by atoms with Crippen LogP contribution in [0.1, 0.15) is 93.6 Å². The van der Waals surface area contributed by atoms with Crippen LogP contribution in [0, 0.1) is 16.9 Å². The van der Waals surface area contributed by atoms with Crippen molar-refractivity contribution >= 4 is 49.1 Å². The summed E-state index contributed by atoms with van der Waals surface area (Å²) in [6, 6.07) is 24.8. The first-order valence-corrected chi connectivity index (χ1v) is 18.3. The maximum Gasteiger partial charge on any atom is 0.222 e. The number of aliphatic hydroxyl groups excluding tert-OH is 1. The Hall–Kier alpha value is -3.64. The average molecular weight is 866 g/mol. The Bertz CT molecular complexity index is 2130. The minimum atomic E-state index is -0.337. The molecule has 1 N–H and O–H groups in total. The Balaban J connectivity index is 0.000000269. The van der Waals surface area contributed by atoms with E-state index in [2.05, 4.69) is 103 Å². The second-order valence-electron chi connectivity index (χ2n) is 14.5. The summed E-state index contributed by atoms with van der Waals surface area (Å²) >= 11 is 1.73. The number of rotatable bonds is 9. The van der Waals surface area contributed by atoms with E-state index >= 15 is 0 Å². The third kappa shape index (κ3) is 7.96. The van der Waals surface area contributed by atoms with Crippen LogP contribution in [-0.4, -0.2) is 20.9 Å². The summed E-state index contributed by atoms with van der Waals surface area (Å²) in [7, 11) is 0. The first kappa shape index (κ1) is 39.2. The summed E-state index contributed by atoms with van der Waals surface area (Å²) in [6.07, 6.45) is 6.33. The van der Waals surface area contributed by atoms with Crippen LogP contribution in [0.25, 0.3) is 54.5 Å². The Morgan fingerprint density at radius 2 is 1.54 bits per heavy atom. The number of allylic oxidation sites excluding steroid dienone is 2. The molecule has 0 saturated carbocycles. The zero-order chi connectivity index (χ0) is 35.6. The maximum absolute atomic E-state index is 12.2. The molecule has 6 aromatic rings. The zero-order valence-corrected chi connectivity index (χ0v) is 33.9. The number of fused-ring (bicyclic) bond motifs is 3. The summed E-state index contributed by atoms with van der Waals surface area (Å²) in [5.41, 5.74) is 4.11. The van der Waals surface area contributed by atoms with E-state index in [1.54, 1.807) is 17.7 Å². The molecular weight excluding hydrogens is 817 g/mol. The summed E-state index contributed by atoms with van der Waals surface area (Å²) in [5.74, 6) is 1.09. The molecule has 0 aliphatic heterocycles. The number of carbonyl (C=O) groups is 1. The third-order valence-corrected chi connectivity index (χ3v) is 11.4. The van der Waals surface area contributed by atoms with Crippen molar-refractivity contribution in [2.45, 2.75) is 93.4 Å². The van der Waals surface area contributed by atoms with E-state index in [0.717, 1.165) is 59.0 Å². The Morgan fingerprint density at radius 1 is 0.860 bits per heavy atom. The summed E-state index contributed by atoms with van der Waals surface area (Å²) in [6.45, 7) is 18.8. The van der Waals surface area contributed by atoms with Crippen LogP contribution >= 0.6 is 11.3 Å². The van der Waals surface area contributed by atoms with E-state index in [1.165, 1.54) is 27.1 Å². The van der Waals surface area contributed by atoms with Gasteiger partial charge in [-0.05, 0) is 60.1 Å². The van der Waals surface area contributed by atoms with Crippen LogP contribution in [0.2, 0.25) is 0 Å². The summed E-state index contributed by atoms with van der Waals surface area (Å²) in [5, 5.41) is 16.7. The van der Waals surface area contributed by atoms with Gasteiger partial charge in [0.1, 0.15) is 17.8 Å². The van der Waals surface area contributed by atoms with Crippen LogP contribution in [0.4, 0.5) is 0 Å². The molecule has 0 saturated heterocycles. The molecule has 0 bridgehead atoms. The van der Waals surface area contributed by atoms with Crippen molar-refractivity contribution in [2.75, 3.05) is 0 Å². The van der Waals surface area contributed by atoms with Gasteiger partial charge in [0, 0.05) is 58.4 Å². The number of thiophene rings is 1. The fourth-order valence-corrected chi connectivity index (χ4v) is 6.81. The number of nitrogens with zero attached hydrogens (tertiary/aromatic N) is 2. The normalized spacial score (nSPS) is 12.5. The van der Waals surface area contributed by atoms with Gasteiger partial charge in [-0.2, -0.15) is 0 Å². The maximum atomic E-state index is 12.2. The number of hydrogen-bond donors (Lipinski definition) is 1. The fourth-order valence-electron chi connectivity index (χ4n) is 5.98. The number of benzene rings is 3. The van der Waals surface area contributed by atoms with E-state index < -0.39 is 0 Å². The van der Waals surface area contributed by atoms with Crippen LogP contribution in [0.15, 0.2) is 88.6 Å². The third-order valence-electron chi connectivity index (χ3n) is 10.5. The zero-order valence-electron chi connectivity index (χ0n) is 30.7. The van der Waals surface area contributed by atoms with Crippen molar-refractivity contribution in [1.82, 2.24) is 9.97 Å². The Kier molecular flexibility index (Phi) is 12.3. The largest absolute Gasteiger partial charge is 0.512 e. The number of aliphatic hydroxyl groups is 1. The van der Waals surface area contributed by atoms with Crippen molar-refractivity contribution in [1.29, 1.82) is 0 Å². The Labute approximate surface area is 314 Å². The van der Waals surface area contributed by atoms with E-state index in [9.17, 15) is 9.90 Å². The average Bonchev–Trinajstić information content (AvgIpc) is 3.77. The van der Waals surface area contributed by atoms with Gasteiger partial charge >= 0.3 is 0 Å². The topological polar surface area (TPSA) is 76.2 Å². The molecule has 265 valence electrons. The second-order valence-corrected chi connectivity index (χ2v) is 15.5. The number of ketones is 1. The van der Waals surface area contributed by atoms with Crippen molar-refractivity contribution in [3.8, 4) is 22.6 Å². The summed E-state index contributed by atoms with van der Waals surface area (Å²) < 4.78 is 7.41. The molecule has 0 spiro atoms. The van der Waals surface area contributed by atoms with Crippen molar-refractivity contribution in [3.63, 3.8) is 0 Å². The van der Waals surface area contributed by atoms with Gasteiger partial charge in [-0.15, -0.1) is 40.5 Å². The van der Waals surface area contributed by atoms with E-state index in [0.29, 0.717) is 5.71 Å². The fraction of sp³-hybridized carbons (Fsp3) is 0.372. The molecule has 0 aliphatic rings. The number of hydrogen-bond acceptors (Lipinski definition) is 6. The van der Waals surface area contributed by atoms with Crippen molar-refractivity contribution < 1.29 is 34.4 Å². The quantitative estimate of drug-likeness (QED) is 0.0890. The van der Waals surface area contributed by atoms with E-state index in [4.69, 9.17) is 4.42 Å². The molecule has 0 amide bonds. The number of carbonyl (C=O) groups excluding carboxylic acids is 1. The molecule has 5 nitrogen and oxygen atoms in total. The molecule has 3 heterocycles. The molecule has 0 atom stereocenters. The minimum absolute atomic E-state index is 0. The molecular formula is C43H49IrN2O3S-. The van der Waals surface area contributed by atoms with Gasteiger partial charge in [-0.3, -0.25) is 9.78 Å². The second kappa shape index (κ2) is 15.7. The molecule has 6 rings (SSSR count). The molecule has 50 heavy (non-hydrogen) atoms. The van der Waals surface area contributed by atoms with E-state index in [-0.39, 0.29) is 47.9 Å². The van der Waals surface area contributed by atoms with Crippen LogP contribution in [-0.2, 0) is 30.3 Å². The van der Waals surface area contributed by atoms with E-state index in [1.807, 2.05) is 41.5 Å². The standard InChI is InChI=1S/C28H21N2OS.C15H28O2.Ir/c1-28(2,3)23-13-20(12-18-6-4-5-7-21(18)23)26-22-15-24(31-27(22)30-16-29-26)19-9-8-17-10-11-32-25(17)14-19;1-7-14(5,8-2)12(16)11-13(17)15(6,9-3)10-4;/h4-11,13-16H,1-3H3;11,16H,7-10H2,1-6H3;/q-1;;/b;12-11-;. The van der Waals surface area contributed by atoms with Crippen molar-refractivity contribution in [3.05, 3.63) is 95.8 Å². The molecule has 0 aliphatic carbocycles. The molecule has 0 fully saturated rings. The van der Waals surface area contributed by atoms with Gasteiger partial charge < -0.3 is 9.52 Å². The SMILES string of the molecule is CC(C)(C)c1cc(-c2ncnc3oc(-c4ccc5ccsc5c4)cc23)[c-]c2ccccc12.CCC(C)(CC)C(=O)/C=C(\O)C(C)(CC)CC.[Ir]. The number of furan rings is 1. The molecule has 7 heteroatoms. The Morgan fingerprint density at radius 3 is 2.20 bits per heavy atom. The first-order valence-electron chi connectivity index (χ1n) is 17.4. The van der Waals surface area contributed by atoms with Gasteiger partial charge in [0.05, 0.1) is 0 Å². The minimum Gasteiger partial charge on any atom is -0.512 e. The van der Waals surface area contributed by atoms with Gasteiger partial charge in [-0.1, -0.05) is 104 Å². The molecule has 1 radical (unpaired) electrons. The molecule has 0 unspecified atom stereocenters. The summed E-state index contributed by atoms with van der Waals surface area (Å²) in [4.78, 5) is 21.2. The monoisotopic (exact) mass is 866 g/mol. The van der Waals surface area contributed by atoms with Crippen LogP contribution in [0.3, 0.4) is 0 Å². The predicted octanol–water partition coefficient (Wildman–Crippen LogP) is 12.7. The van der Waals surface area contributed by atoms with Crippen LogP contribution < -0.4 is 0 Å². The smallest absolute Gasteiger partial charge is 0.222 e. The van der Waals surface area contributed by atoms with Gasteiger partial charge in [0.25, 0.3) is 0 Å². The van der Waals surface area contributed by atoms with Crippen molar-refractivity contribution in [2.24, 2.45) is 10.8 Å². The van der Waals surface area contributed by atoms with Crippen LogP contribution in [0.5, 0.6) is 0 Å². The van der Waals surface area contributed by atoms with Gasteiger partial charge in [-0.25, -0.2) is 4.98 Å². The first-order chi connectivity index (χ1) is 23.3. The van der Waals surface area contributed by atoms with Gasteiger partial charge in [0.15, 0.2) is 5.78 Å². The van der Waals surface area contributed by atoms with Gasteiger partial charge in [0.2, 0.25) is 5.71 Å².